The van der Waals surface area contributed by atoms with Crippen molar-refractivity contribution in [1.82, 2.24) is 70.1 Å². The van der Waals surface area contributed by atoms with Crippen molar-refractivity contribution in [2.75, 3.05) is 104 Å². The molecule has 28 nitrogen and oxygen atoms in total. The lowest BCUT2D eigenvalue weighted by Gasteiger charge is -2.40. The number of amidine groups is 1. The van der Waals surface area contributed by atoms with E-state index in [1.54, 1.807) is 55.8 Å². The van der Waals surface area contributed by atoms with E-state index in [4.69, 9.17) is 102 Å². The van der Waals surface area contributed by atoms with Crippen LogP contribution in [0.5, 0.6) is 11.5 Å². The molecule has 0 saturated carbocycles. The molecule has 0 unspecified atom stereocenters. The van der Waals surface area contributed by atoms with Crippen molar-refractivity contribution >= 4 is 140 Å². The second kappa shape index (κ2) is 33.8. The van der Waals surface area contributed by atoms with Gasteiger partial charge in [0.2, 0.25) is 0 Å². The van der Waals surface area contributed by atoms with Gasteiger partial charge in [0.15, 0.2) is 39.8 Å². The molecule has 566 valence electrons. The normalized spacial score (nSPS) is 15.9. The maximum absolute atomic E-state index is 12.2. The van der Waals surface area contributed by atoms with E-state index in [1.807, 2.05) is 101 Å². The van der Waals surface area contributed by atoms with Crippen LogP contribution in [0, 0.1) is 16.2 Å². The number of nitrogens with two attached hydrogens (primary N) is 2. The number of carbonyl (C=O) groups is 2. The molecule has 3 fully saturated rings. The lowest BCUT2D eigenvalue weighted by Crippen LogP contribution is -2.46. The van der Waals surface area contributed by atoms with Crippen LogP contribution in [-0.4, -0.2) is 162 Å². The Kier molecular flexibility index (Phi) is 25.4. The fraction of sp³-hybridized carbons (Fsp3) is 0.466. The molecule has 0 aliphatic carbocycles. The molecular formula is C73H93Cl5N22O6. The third-order valence-electron chi connectivity index (χ3n) is 19.0. The summed E-state index contributed by atoms with van der Waals surface area (Å²) in [5.41, 5.74) is 18.6. The van der Waals surface area contributed by atoms with Crippen LogP contribution in [0.4, 0.5) is 50.1 Å². The van der Waals surface area contributed by atoms with Crippen LogP contribution in [0.3, 0.4) is 0 Å². The Balaban J connectivity index is 0.000000174. The van der Waals surface area contributed by atoms with Gasteiger partial charge in [0.25, 0.3) is 0 Å². The van der Waals surface area contributed by atoms with Gasteiger partial charge in [-0.2, -0.15) is 10.2 Å². The number of hydrogen-bond acceptors (Lipinski definition) is 24. The van der Waals surface area contributed by atoms with Crippen molar-refractivity contribution < 1.29 is 28.5 Å². The summed E-state index contributed by atoms with van der Waals surface area (Å²) < 4.78 is 24.9. The maximum Gasteiger partial charge on any atom is 0.407 e. The molecule has 3 saturated heterocycles. The first kappa shape index (κ1) is 79.5. The van der Waals surface area contributed by atoms with Crippen molar-refractivity contribution in [3.05, 3.63) is 135 Å². The van der Waals surface area contributed by atoms with Crippen molar-refractivity contribution in [2.24, 2.45) is 27.0 Å². The zero-order chi connectivity index (χ0) is 75.0. The number of anilines is 7. The number of amides is 2. The summed E-state index contributed by atoms with van der Waals surface area (Å²) in [7, 11) is 3.29. The Bertz CT molecular complexity index is 4570. The average Bonchev–Trinajstić information content (AvgIpc) is 1.62. The highest BCUT2D eigenvalue weighted by Crippen LogP contribution is 2.38. The highest BCUT2D eigenvalue weighted by atomic mass is 35.5. The van der Waals surface area contributed by atoms with Crippen LogP contribution in [0.15, 0.2) is 96.6 Å². The van der Waals surface area contributed by atoms with Gasteiger partial charge in [0.05, 0.1) is 69.5 Å². The minimum Gasteiger partial charge on any atom is -0.497 e. The fourth-order valence-electron chi connectivity index (χ4n) is 12.4. The topological polar surface area (TPSA) is 332 Å². The highest BCUT2D eigenvalue weighted by molar-refractivity contribution is 6.43. The van der Waals surface area contributed by atoms with E-state index in [0.717, 1.165) is 136 Å². The third kappa shape index (κ3) is 20.1. The van der Waals surface area contributed by atoms with Crippen LogP contribution in [0.1, 0.15) is 123 Å². The van der Waals surface area contributed by atoms with Gasteiger partial charge < -0.3 is 66.4 Å². The number of aromatic nitrogens is 12. The third-order valence-corrected chi connectivity index (χ3v) is 20.5. The molecule has 8 N–H and O–H groups in total. The number of ether oxygens (including phenoxy) is 4. The number of nitrogens with one attached hydrogen (secondary N) is 4. The predicted octanol–water partition coefficient (Wildman–Crippen LogP) is 13.6. The van der Waals surface area contributed by atoms with E-state index < -0.39 is 17.3 Å². The Labute approximate surface area is 643 Å². The number of aliphatic imine (C=N–C) groups is 1. The number of hydrogen-bond donors (Lipinski definition) is 6. The number of fused-ring (bicyclic) bond motifs is 3. The number of benzene rings is 2. The summed E-state index contributed by atoms with van der Waals surface area (Å²) in [6.07, 6.45) is 13.5. The summed E-state index contributed by atoms with van der Waals surface area (Å²) >= 11 is 24.7. The van der Waals surface area contributed by atoms with Gasteiger partial charge >= 0.3 is 12.2 Å². The number of piperidine rings is 3. The van der Waals surface area contributed by atoms with Crippen molar-refractivity contribution in [3.63, 3.8) is 0 Å². The molecule has 7 aromatic heterocycles. The first-order chi connectivity index (χ1) is 50.0. The fourth-order valence-corrected chi connectivity index (χ4v) is 13.0. The van der Waals surface area contributed by atoms with Crippen LogP contribution in [0.2, 0.25) is 20.4 Å². The second-order valence-electron chi connectivity index (χ2n) is 29.7. The lowest BCUT2D eigenvalue weighted by molar-refractivity contribution is 0.0485. The van der Waals surface area contributed by atoms with Crippen molar-refractivity contribution in [1.29, 1.82) is 0 Å². The number of carbonyl (C=O) groups excluding carboxylic acids is 2. The molecule has 11 heterocycles. The largest absolute Gasteiger partial charge is 0.497 e. The van der Waals surface area contributed by atoms with Gasteiger partial charge in [0.1, 0.15) is 66.2 Å². The molecule has 4 aliphatic heterocycles. The number of halogens is 5. The van der Waals surface area contributed by atoms with E-state index in [0.29, 0.717) is 93.9 Å². The minimum absolute atomic E-state index is 0. The molecule has 0 radical (unpaired) electrons. The summed E-state index contributed by atoms with van der Waals surface area (Å²) in [6, 6.07) is 19.1. The van der Waals surface area contributed by atoms with E-state index >= 15 is 0 Å². The van der Waals surface area contributed by atoms with E-state index in [2.05, 4.69) is 86.8 Å². The summed E-state index contributed by atoms with van der Waals surface area (Å²) in [4.78, 5) is 72.1. The van der Waals surface area contributed by atoms with Gasteiger partial charge in [-0.05, 0) is 150 Å². The molecule has 0 bridgehead atoms. The Morgan fingerprint density at radius 2 is 0.962 bits per heavy atom. The molecule has 0 spiro atoms. The van der Waals surface area contributed by atoms with E-state index in [9.17, 15) is 9.59 Å². The maximum atomic E-state index is 12.2. The lowest BCUT2D eigenvalue weighted by atomic mass is 9.80. The molecule has 0 atom stereocenters. The molecular weight excluding hydrogens is 1460 g/mol. The summed E-state index contributed by atoms with van der Waals surface area (Å²) in [6.45, 7) is 26.2. The quantitative estimate of drug-likeness (QED) is 0.0461. The first-order valence-corrected chi connectivity index (χ1v) is 36.4. The van der Waals surface area contributed by atoms with Gasteiger partial charge in [-0.25, -0.2) is 58.8 Å². The predicted molar refractivity (Wildman–Crippen MR) is 420 cm³/mol. The minimum atomic E-state index is -0.529. The standard InChI is InChI=1S/C30H36Cl2N8O3.C25H35N7O3.C18H21Cl2N7.ClH/c1-29(2,3)43-28(41)35-18-30(4)11-14-39(15-12-30)22-16-34-24-26(36-21-10-13-33-25(32)23(21)31)38-40(27(24)37-22)17-19-6-8-20(42-5)9-7-19;1-24(2,3)35-23(33)28-16-25(4)10-12-31(13-11-25)19-14-27-20-21(26)30-32(22(20)29-19)15-17-6-8-18(34-5)9-7-17;1-18(10-21)3-6-27(7-4-18)13-9-23-15-12(25-13)8-24-17(15)26-11-2-5-22-16(20)14(11)19;/h6-10,13,16H,11-12,14-15,17-18H2,1-5H3,(H,35,41)(H,33,36,38);6-9,14H,10-13,15-16H2,1-5H3,(H2,26,30)(H,28,33);2,5,9H,3-4,6-8,10,21H2,1H3,(H,22,24,26);1H. The number of nitrogens with zero attached hydrogens (tertiary/aromatic N) is 16. The Morgan fingerprint density at radius 1 is 0.547 bits per heavy atom. The molecule has 4 aliphatic rings. The molecule has 2 amide bonds. The van der Waals surface area contributed by atoms with E-state index in [1.165, 1.54) is 0 Å². The summed E-state index contributed by atoms with van der Waals surface area (Å²) in [5.74, 6) is 5.56. The number of pyridine rings is 2. The molecule has 9 aromatic rings. The van der Waals surface area contributed by atoms with Crippen molar-refractivity contribution in [3.8, 4) is 11.5 Å². The van der Waals surface area contributed by atoms with Gasteiger partial charge in [-0.1, -0.05) is 91.4 Å². The molecule has 33 heteroatoms. The first-order valence-electron chi connectivity index (χ1n) is 34.9. The van der Waals surface area contributed by atoms with Gasteiger partial charge in [-0.15, -0.1) is 12.4 Å². The van der Waals surface area contributed by atoms with Gasteiger partial charge in [-0.3, -0.25) is 4.99 Å². The van der Waals surface area contributed by atoms with Crippen LogP contribution >= 0.6 is 58.8 Å². The number of nitrogen functional groups attached to an aromatic ring is 1. The van der Waals surface area contributed by atoms with Crippen LogP contribution < -0.4 is 56.9 Å². The van der Waals surface area contributed by atoms with Crippen LogP contribution in [-0.2, 0) is 29.1 Å². The number of rotatable bonds is 17. The molecule has 106 heavy (non-hydrogen) atoms. The summed E-state index contributed by atoms with van der Waals surface area (Å²) in [5, 5.41) is 22.7. The smallest absolute Gasteiger partial charge is 0.407 e. The highest BCUT2D eigenvalue weighted by Gasteiger charge is 2.35. The Morgan fingerprint density at radius 3 is 1.42 bits per heavy atom. The number of alkyl carbamates (subject to hydrolysis) is 2. The zero-order valence-electron chi connectivity index (χ0n) is 61.6. The monoisotopic (exact) mass is 1550 g/mol. The van der Waals surface area contributed by atoms with Gasteiger partial charge in [0, 0.05) is 64.8 Å². The number of methoxy groups -OCH3 is 2. The Hall–Kier alpha value is -9.06. The molecule has 13 rings (SSSR count). The van der Waals surface area contributed by atoms with Crippen LogP contribution in [0.25, 0.3) is 22.3 Å². The van der Waals surface area contributed by atoms with E-state index in [-0.39, 0.29) is 45.1 Å². The SMILES string of the molecule is CC1(CN)CCN(c2cnc3c(n2)CN=C3Nc2ccnc(Cl)c2Cl)CC1.COc1ccc(Cn2nc(N)c3ncc(N4CCC(C)(CNC(=O)OC(C)(C)C)CC4)nc32)cc1.COc1ccc(Cn2nc(Nc3ccnc(Cl)c3Cl)c3ncc(N4CCC(C)(CNC(=O)OC(C)(C)C)CC4)nc32)cc1.Cl. The second-order valence-corrected chi connectivity index (χ2v) is 31.2. The van der Waals surface area contributed by atoms with Crippen molar-refractivity contribution in [2.45, 2.75) is 132 Å². The molecule has 2 aromatic carbocycles. The zero-order valence-corrected chi connectivity index (χ0v) is 65.4. The average molecular weight is 1550 g/mol.